The summed E-state index contributed by atoms with van der Waals surface area (Å²) in [5.41, 5.74) is 5.80. The summed E-state index contributed by atoms with van der Waals surface area (Å²) in [6, 6.07) is 12.5. The van der Waals surface area contributed by atoms with Crippen LogP contribution in [-0.2, 0) is 6.18 Å². The molecule has 1 unspecified atom stereocenters. The van der Waals surface area contributed by atoms with Crippen molar-refractivity contribution in [3.8, 4) is 0 Å². The van der Waals surface area contributed by atoms with Crippen LogP contribution in [0.1, 0.15) is 37.9 Å². The zero-order valence-electron chi connectivity index (χ0n) is 19.5. The summed E-state index contributed by atoms with van der Waals surface area (Å²) in [6.45, 7) is 6.61. The maximum atomic E-state index is 12.9. The quantitative estimate of drug-likeness (QED) is 0.316. The van der Waals surface area contributed by atoms with Gasteiger partial charge in [-0.1, -0.05) is 12.1 Å². The van der Waals surface area contributed by atoms with Gasteiger partial charge in [-0.3, -0.25) is 0 Å². The van der Waals surface area contributed by atoms with Crippen molar-refractivity contribution in [2.75, 3.05) is 23.7 Å². The van der Waals surface area contributed by atoms with Crippen LogP contribution in [0.25, 0.3) is 0 Å². The van der Waals surface area contributed by atoms with E-state index < -0.39 is 29.2 Å². The lowest BCUT2D eigenvalue weighted by molar-refractivity contribution is -0.139. The van der Waals surface area contributed by atoms with E-state index in [1.807, 2.05) is 19.9 Å². The Morgan fingerprint density at radius 2 is 1.40 bits per heavy atom. The molecular formula is C25H28F7N3. The summed E-state index contributed by atoms with van der Waals surface area (Å²) in [4.78, 5) is 0. The van der Waals surface area contributed by atoms with Gasteiger partial charge in [-0.05, 0) is 68.8 Å². The molecule has 0 spiro atoms. The Morgan fingerprint density at radius 3 is 1.86 bits per heavy atom. The van der Waals surface area contributed by atoms with Gasteiger partial charge < -0.3 is 16.4 Å². The van der Waals surface area contributed by atoms with E-state index in [-0.39, 0.29) is 11.9 Å². The summed E-state index contributed by atoms with van der Waals surface area (Å²) in [7, 11) is 0. The summed E-state index contributed by atoms with van der Waals surface area (Å²) >= 11 is 0. The van der Waals surface area contributed by atoms with E-state index in [2.05, 4.69) is 10.6 Å². The highest BCUT2D eigenvalue weighted by Gasteiger charge is 2.33. The maximum absolute atomic E-state index is 12.9. The van der Waals surface area contributed by atoms with Crippen molar-refractivity contribution in [3.05, 3.63) is 95.1 Å². The van der Waals surface area contributed by atoms with Gasteiger partial charge in [-0.25, -0.2) is 17.6 Å². The van der Waals surface area contributed by atoms with E-state index in [4.69, 9.17) is 5.73 Å². The molecule has 4 N–H and O–H groups in total. The van der Waals surface area contributed by atoms with Crippen molar-refractivity contribution in [1.29, 1.82) is 0 Å². The van der Waals surface area contributed by atoms with Crippen molar-refractivity contribution in [2.24, 2.45) is 5.73 Å². The average molecular weight is 504 g/mol. The Bertz CT molecular complexity index is 1050. The highest BCUT2D eigenvalue weighted by molar-refractivity contribution is 5.46. The van der Waals surface area contributed by atoms with Crippen LogP contribution in [0.2, 0.25) is 0 Å². The number of benzene rings is 3. The molecule has 0 fully saturated rings. The second-order valence-corrected chi connectivity index (χ2v) is 7.22. The third-order valence-corrected chi connectivity index (χ3v) is 4.33. The van der Waals surface area contributed by atoms with E-state index >= 15 is 0 Å². The molecule has 0 aliphatic heterocycles. The number of nitrogens with two attached hydrogens (primary N) is 1. The molecule has 3 aromatic rings. The van der Waals surface area contributed by atoms with E-state index in [9.17, 15) is 30.7 Å². The Kier molecular flexibility index (Phi) is 12.1. The lowest BCUT2D eigenvalue weighted by Gasteiger charge is -2.09. The van der Waals surface area contributed by atoms with Gasteiger partial charge >= 0.3 is 6.18 Å². The number of hydrogen-bond acceptors (Lipinski definition) is 3. The van der Waals surface area contributed by atoms with Gasteiger partial charge in [0.25, 0.3) is 0 Å². The molecule has 3 nitrogen and oxygen atoms in total. The second kappa shape index (κ2) is 14.2. The number of nitrogens with one attached hydrogen (secondary N) is 2. The first-order valence-corrected chi connectivity index (χ1v) is 10.7. The largest absolute Gasteiger partial charge is 0.419 e. The average Bonchev–Trinajstić information content (AvgIpc) is 2.76. The Morgan fingerprint density at radius 1 is 0.771 bits per heavy atom. The Labute approximate surface area is 200 Å². The van der Waals surface area contributed by atoms with Crippen molar-refractivity contribution in [2.45, 2.75) is 33.0 Å². The maximum Gasteiger partial charge on any atom is 0.419 e. The second-order valence-electron chi connectivity index (χ2n) is 7.22. The summed E-state index contributed by atoms with van der Waals surface area (Å²) < 4.78 is 86.8. The van der Waals surface area contributed by atoms with Crippen LogP contribution < -0.4 is 16.4 Å². The minimum Gasteiger partial charge on any atom is -0.385 e. The van der Waals surface area contributed by atoms with Gasteiger partial charge in [0.15, 0.2) is 0 Å². The molecule has 0 saturated carbocycles. The smallest absolute Gasteiger partial charge is 0.385 e. The van der Waals surface area contributed by atoms with E-state index in [1.54, 1.807) is 13.0 Å². The summed E-state index contributed by atoms with van der Waals surface area (Å²) in [5, 5.41) is 5.48. The van der Waals surface area contributed by atoms with E-state index in [0.29, 0.717) is 24.5 Å². The van der Waals surface area contributed by atoms with Gasteiger partial charge in [0.1, 0.15) is 23.3 Å². The van der Waals surface area contributed by atoms with Crippen LogP contribution in [-0.4, -0.2) is 13.1 Å². The zero-order chi connectivity index (χ0) is 26.6. The molecule has 1 atom stereocenters. The fourth-order valence-electron chi connectivity index (χ4n) is 2.67. The van der Waals surface area contributed by atoms with Crippen molar-refractivity contribution < 1.29 is 30.7 Å². The fourth-order valence-corrected chi connectivity index (χ4v) is 2.67. The monoisotopic (exact) mass is 503 g/mol. The van der Waals surface area contributed by atoms with Crippen LogP contribution in [0.3, 0.4) is 0 Å². The van der Waals surface area contributed by atoms with Gasteiger partial charge in [0.05, 0.1) is 11.3 Å². The Hall–Kier alpha value is -3.27. The van der Waals surface area contributed by atoms with Gasteiger partial charge in [0, 0.05) is 30.9 Å². The molecule has 3 rings (SSSR count). The highest BCUT2D eigenvalue weighted by atomic mass is 19.4. The molecule has 0 saturated heterocycles. The number of rotatable bonds is 5. The summed E-state index contributed by atoms with van der Waals surface area (Å²) in [6.07, 6.45) is -4.63. The number of halogens is 7. The molecule has 0 aromatic heterocycles. The molecule has 0 bridgehead atoms. The molecule has 0 heterocycles. The fraction of sp³-hybridized carbons (Fsp3) is 0.280. The zero-order valence-corrected chi connectivity index (χ0v) is 19.5. The lowest BCUT2D eigenvalue weighted by Crippen LogP contribution is -2.08. The molecule has 3 aromatic carbocycles. The van der Waals surface area contributed by atoms with Gasteiger partial charge in [-0.2, -0.15) is 13.2 Å². The topological polar surface area (TPSA) is 50.1 Å². The molecule has 0 aliphatic carbocycles. The number of hydrogen-bond donors (Lipinski definition) is 3. The van der Waals surface area contributed by atoms with Crippen LogP contribution in [0.15, 0.2) is 60.7 Å². The van der Waals surface area contributed by atoms with E-state index in [0.717, 1.165) is 23.8 Å². The summed E-state index contributed by atoms with van der Waals surface area (Å²) in [5.74, 6) is -2.58. The van der Waals surface area contributed by atoms with Crippen LogP contribution in [0, 0.1) is 23.3 Å². The molecule has 10 heteroatoms. The normalized spacial score (nSPS) is 11.4. The minimum absolute atomic E-state index is 0.0873. The van der Waals surface area contributed by atoms with Gasteiger partial charge in [-0.15, -0.1) is 0 Å². The number of alkyl halides is 3. The first-order valence-electron chi connectivity index (χ1n) is 10.7. The molecule has 0 amide bonds. The first kappa shape index (κ1) is 29.8. The molecule has 0 radical (unpaired) electrons. The molecule has 35 heavy (non-hydrogen) atoms. The molecular weight excluding hydrogens is 475 g/mol. The van der Waals surface area contributed by atoms with Crippen molar-refractivity contribution in [1.82, 2.24) is 0 Å². The third kappa shape index (κ3) is 10.7. The van der Waals surface area contributed by atoms with Crippen molar-refractivity contribution in [3.63, 3.8) is 0 Å². The molecule has 192 valence electrons. The predicted octanol–water partition coefficient (Wildman–Crippen LogP) is 7.52. The lowest BCUT2D eigenvalue weighted by atomic mass is 10.1. The SMILES string of the molecule is CC(N)c1cccc(F)c1.CCNc1ccc(C(F)(F)F)c(F)c1.CCNc1ccc(F)cc1F. The van der Waals surface area contributed by atoms with Crippen LogP contribution in [0.4, 0.5) is 42.1 Å². The third-order valence-electron chi connectivity index (χ3n) is 4.33. The Balaban J connectivity index is 0.000000267. The highest BCUT2D eigenvalue weighted by Crippen LogP contribution is 2.32. The van der Waals surface area contributed by atoms with Crippen molar-refractivity contribution >= 4 is 11.4 Å². The standard InChI is InChI=1S/C9H9F4N.C8H9F2N.C8H10FN/c1-2-14-6-3-4-7(8(10)5-6)9(11,12)13;1-2-11-8-4-3-6(9)5-7(8)10;1-6(10)7-3-2-4-8(9)5-7/h3-5,14H,2H2,1H3;3-5,11H,2H2,1H3;2-6H,10H2,1H3. The van der Waals surface area contributed by atoms with Crippen LogP contribution in [0.5, 0.6) is 0 Å². The van der Waals surface area contributed by atoms with Gasteiger partial charge in [0.2, 0.25) is 0 Å². The number of anilines is 2. The molecule has 0 aliphatic rings. The first-order chi connectivity index (χ1) is 16.4. The minimum atomic E-state index is -4.63. The van der Waals surface area contributed by atoms with E-state index in [1.165, 1.54) is 30.3 Å². The van der Waals surface area contributed by atoms with Crippen LogP contribution >= 0.6 is 0 Å². The predicted molar refractivity (Wildman–Crippen MR) is 125 cm³/mol.